The van der Waals surface area contributed by atoms with Gasteiger partial charge in [0.2, 0.25) is 0 Å². The van der Waals surface area contributed by atoms with Gasteiger partial charge in [0.05, 0.1) is 17.3 Å². The molecule has 0 aliphatic rings. The normalized spacial score (nSPS) is 10.5. The summed E-state index contributed by atoms with van der Waals surface area (Å²) < 4.78 is 9.41. The van der Waals surface area contributed by atoms with Crippen LogP contribution in [-0.2, 0) is 0 Å². The van der Waals surface area contributed by atoms with Crippen LogP contribution in [0.5, 0.6) is 5.75 Å². The lowest BCUT2D eigenvalue weighted by atomic mass is 10.3. The van der Waals surface area contributed by atoms with E-state index in [2.05, 4.69) is 4.37 Å². The average molecular weight is 153 g/mol. The minimum atomic E-state index is 0.924. The van der Waals surface area contributed by atoms with Crippen molar-refractivity contribution in [2.75, 3.05) is 7.11 Å². The number of ether oxygens (including phenoxy) is 1. The van der Waals surface area contributed by atoms with Gasteiger partial charge in [-0.1, -0.05) is 11.5 Å². The molecule has 0 saturated heterocycles. The number of H-pyrrole nitrogens is 1. The van der Waals surface area contributed by atoms with E-state index in [1.807, 2.05) is 18.2 Å². The van der Waals surface area contributed by atoms with Crippen molar-refractivity contribution in [3.8, 4) is 5.75 Å². The first-order valence-electron chi connectivity index (χ1n) is 3.01. The van der Waals surface area contributed by atoms with Crippen molar-refractivity contribution in [3.05, 3.63) is 18.2 Å². The van der Waals surface area contributed by atoms with Crippen molar-refractivity contribution in [2.24, 2.45) is 0 Å². The van der Waals surface area contributed by atoms with Crippen molar-refractivity contribution >= 4 is 21.7 Å². The van der Waals surface area contributed by atoms with Crippen LogP contribution in [0.2, 0.25) is 0 Å². The summed E-state index contributed by atoms with van der Waals surface area (Å²) in [6, 6.07) is 5.99. The molecule has 0 unspecified atom stereocenters. The second kappa shape index (κ2) is 2.02. The Kier molecular flexibility index (Phi) is 1.17. The van der Waals surface area contributed by atoms with Crippen LogP contribution in [0, 0.1) is 0 Å². The van der Waals surface area contributed by atoms with Gasteiger partial charge in [-0.3, -0.25) is 0 Å². The smallest absolute Gasteiger partial charge is 0.120 e. The zero-order valence-electron chi connectivity index (χ0n) is 5.55. The molecule has 3 heteroatoms. The number of benzene rings is 1. The van der Waals surface area contributed by atoms with Gasteiger partial charge in [-0.15, -0.1) is 0 Å². The fourth-order valence-corrected chi connectivity index (χ4v) is 1.51. The number of hydrogen-bond donors (Lipinski definition) is 1. The Labute approximate surface area is 62.6 Å². The molecule has 0 atom stereocenters. The number of rotatable bonds is 1. The first kappa shape index (κ1) is 5.80. The number of aromatic nitrogens is 1. The van der Waals surface area contributed by atoms with Crippen LogP contribution < -0.4 is 4.74 Å². The van der Waals surface area contributed by atoms with Gasteiger partial charge >= 0.3 is 0 Å². The first-order chi connectivity index (χ1) is 4.90. The molecule has 10 heavy (non-hydrogen) atoms. The average Bonchev–Trinajstić information content (AvgIpc) is 1.92. The first-order valence-corrected chi connectivity index (χ1v) is 3.83. The van der Waals surface area contributed by atoms with Crippen molar-refractivity contribution < 1.29 is 4.74 Å². The van der Waals surface area contributed by atoms with Crippen molar-refractivity contribution in [2.45, 2.75) is 0 Å². The van der Waals surface area contributed by atoms with E-state index in [0.29, 0.717) is 0 Å². The zero-order valence-corrected chi connectivity index (χ0v) is 6.37. The van der Waals surface area contributed by atoms with Crippen molar-refractivity contribution in [3.63, 3.8) is 0 Å². The molecule has 0 spiro atoms. The van der Waals surface area contributed by atoms with Crippen LogP contribution in [0.4, 0.5) is 0 Å². The molecule has 1 N–H and O–H groups in total. The van der Waals surface area contributed by atoms with Crippen LogP contribution in [0.15, 0.2) is 18.2 Å². The van der Waals surface area contributed by atoms with E-state index in [0.717, 1.165) is 5.75 Å². The molecule has 0 aliphatic carbocycles. The predicted octanol–water partition coefficient (Wildman–Crippen LogP) is 2.24. The quantitative estimate of drug-likeness (QED) is 0.667. The standard InChI is InChI=1S/C7H7NOS/c1-9-5-2-3-6-7(4-5)10-8-6/h2-4,8H,1H3. The summed E-state index contributed by atoms with van der Waals surface area (Å²) in [6.45, 7) is 0. The second-order valence-corrected chi connectivity index (χ2v) is 2.91. The van der Waals surface area contributed by atoms with Gasteiger partial charge in [0.1, 0.15) is 5.75 Å². The fraction of sp³-hybridized carbons (Fsp3) is 0.143. The minimum absolute atomic E-state index is 0.924. The maximum atomic E-state index is 5.04. The second-order valence-electron chi connectivity index (χ2n) is 2.07. The Morgan fingerprint density at radius 2 is 2.40 bits per heavy atom. The van der Waals surface area contributed by atoms with E-state index in [1.165, 1.54) is 10.2 Å². The molecular formula is C7H7NOS. The third-order valence-electron chi connectivity index (χ3n) is 1.46. The summed E-state index contributed by atoms with van der Waals surface area (Å²) in [7, 11) is 1.68. The number of aromatic amines is 1. The SMILES string of the molecule is COc1ccc2[nH]sc2c1. The monoisotopic (exact) mass is 153 g/mol. The highest BCUT2D eigenvalue weighted by atomic mass is 32.1. The van der Waals surface area contributed by atoms with Gasteiger partial charge < -0.3 is 9.11 Å². The third-order valence-corrected chi connectivity index (χ3v) is 2.34. The predicted molar refractivity (Wildman–Crippen MR) is 42.7 cm³/mol. The van der Waals surface area contributed by atoms with Crippen LogP contribution in [0.1, 0.15) is 0 Å². The van der Waals surface area contributed by atoms with Crippen LogP contribution in [0.3, 0.4) is 0 Å². The van der Waals surface area contributed by atoms with Gasteiger partial charge in [-0.25, -0.2) is 0 Å². The van der Waals surface area contributed by atoms with Gasteiger partial charge in [-0.05, 0) is 12.1 Å². The molecule has 2 rings (SSSR count). The maximum Gasteiger partial charge on any atom is 0.120 e. The molecular weight excluding hydrogens is 146 g/mol. The molecule has 0 fully saturated rings. The molecule has 1 heterocycles. The number of methoxy groups -OCH3 is 1. The highest BCUT2D eigenvalue weighted by Crippen LogP contribution is 2.24. The Morgan fingerprint density at radius 3 is 2.90 bits per heavy atom. The summed E-state index contributed by atoms with van der Waals surface area (Å²) in [5.41, 5.74) is 1.20. The fourth-order valence-electron chi connectivity index (χ4n) is 0.862. The van der Waals surface area contributed by atoms with E-state index in [-0.39, 0.29) is 0 Å². The lowest BCUT2D eigenvalue weighted by Gasteiger charge is -2.02. The molecule has 2 aromatic rings. The topological polar surface area (TPSA) is 25.0 Å². The largest absolute Gasteiger partial charge is 0.497 e. The highest BCUT2D eigenvalue weighted by Gasteiger charge is 1.98. The molecule has 0 radical (unpaired) electrons. The zero-order chi connectivity index (χ0) is 6.97. The molecule has 1 aromatic heterocycles. The van der Waals surface area contributed by atoms with Crippen LogP contribution >= 0.6 is 11.5 Å². The van der Waals surface area contributed by atoms with Crippen LogP contribution in [-0.4, -0.2) is 11.5 Å². The number of hydrogen-bond acceptors (Lipinski definition) is 2. The van der Waals surface area contributed by atoms with Crippen molar-refractivity contribution in [1.29, 1.82) is 0 Å². The van der Waals surface area contributed by atoms with E-state index in [9.17, 15) is 0 Å². The van der Waals surface area contributed by atoms with Gasteiger partial charge in [0.15, 0.2) is 0 Å². The van der Waals surface area contributed by atoms with Crippen LogP contribution in [0.25, 0.3) is 10.2 Å². The molecule has 0 bridgehead atoms. The summed E-state index contributed by atoms with van der Waals surface area (Å²) in [5.74, 6) is 0.924. The molecule has 0 saturated carbocycles. The van der Waals surface area contributed by atoms with Gasteiger partial charge in [0, 0.05) is 6.07 Å². The summed E-state index contributed by atoms with van der Waals surface area (Å²) >= 11 is 1.63. The Balaban J connectivity index is 2.57. The lowest BCUT2D eigenvalue weighted by Crippen LogP contribution is -1.83. The van der Waals surface area contributed by atoms with Crippen molar-refractivity contribution in [1.82, 2.24) is 4.37 Å². The Morgan fingerprint density at radius 1 is 1.50 bits per heavy atom. The number of nitrogens with one attached hydrogen (secondary N) is 1. The molecule has 2 nitrogen and oxygen atoms in total. The Bertz CT molecular complexity index is 336. The number of fused-ring (bicyclic) bond motifs is 1. The molecule has 0 aliphatic heterocycles. The molecule has 0 amide bonds. The van der Waals surface area contributed by atoms with E-state index in [4.69, 9.17) is 4.74 Å². The lowest BCUT2D eigenvalue weighted by molar-refractivity contribution is 0.415. The summed E-state index contributed by atoms with van der Waals surface area (Å²) in [6.07, 6.45) is 0. The van der Waals surface area contributed by atoms with E-state index in [1.54, 1.807) is 18.6 Å². The summed E-state index contributed by atoms with van der Waals surface area (Å²) in [5, 5.41) is 0. The molecule has 1 aromatic carbocycles. The van der Waals surface area contributed by atoms with Gasteiger partial charge in [0.25, 0.3) is 0 Å². The van der Waals surface area contributed by atoms with E-state index >= 15 is 0 Å². The van der Waals surface area contributed by atoms with Gasteiger partial charge in [-0.2, -0.15) is 0 Å². The molecule has 52 valence electrons. The maximum absolute atomic E-state index is 5.04. The highest BCUT2D eigenvalue weighted by molar-refractivity contribution is 7.15. The third kappa shape index (κ3) is 0.708. The van der Waals surface area contributed by atoms with E-state index < -0.39 is 0 Å². The minimum Gasteiger partial charge on any atom is -0.497 e. The Hall–Kier alpha value is -0.960. The summed E-state index contributed by atoms with van der Waals surface area (Å²) in [4.78, 5) is 0.